The average molecular weight is 541 g/mol. The number of hydrogen-bond donors (Lipinski definition) is 3. The molecule has 37 heavy (non-hydrogen) atoms. The highest BCUT2D eigenvalue weighted by molar-refractivity contribution is 7.99. The fourth-order valence-electron chi connectivity index (χ4n) is 4.87. The first kappa shape index (κ1) is 33.3. The Balaban J connectivity index is 2.23. The standard InChI is InChI=1S/C29H52N2O5S/c1-21(2)10-6-11-22(3)12-7-13-23(4)14-8-15-24(5)17-19-37-20-25(27(32)33)30-29(36)31-18-9-16-26(31)28(34)35/h17,21-23,25-26H,6-16,18-20H2,1-5H3,(H,30,36)(H,32,33)(H,34,35)/b24-17+. The van der Waals surface area contributed by atoms with Crippen LogP contribution in [0, 0.1) is 17.8 Å². The predicted molar refractivity (Wildman–Crippen MR) is 153 cm³/mol. The Morgan fingerprint density at radius 3 is 2.14 bits per heavy atom. The summed E-state index contributed by atoms with van der Waals surface area (Å²) in [5.74, 6) is 1.18. The van der Waals surface area contributed by atoms with Crippen LogP contribution in [0.4, 0.5) is 4.79 Å². The molecule has 0 aromatic heterocycles. The third-order valence-electron chi connectivity index (χ3n) is 7.37. The molecule has 4 atom stereocenters. The van der Waals surface area contributed by atoms with E-state index in [9.17, 15) is 24.6 Å². The Morgan fingerprint density at radius 2 is 1.57 bits per heavy atom. The first-order chi connectivity index (χ1) is 17.5. The lowest BCUT2D eigenvalue weighted by Crippen LogP contribution is -2.52. The van der Waals surface area contributed by atoms with Crippen LogP contribution < -0.4 is 5.32 Å². The highest BCUT2D eigenvalue weighted by Crippen LogP contribution is 2.22. The summed E-state index contributed by atoms with van der Waals surface area (Å²) in [4.78, 5) is 36.5. The van der Waals surface area contributed by atoms with Gasteiger partial charge in [-0.1, -0.05) is 84.3 Å². The van der Waals surface area contributed by atoms with Crippen LogP contribution >= 0.6 is 11.8 Å². The second kappa shape index (κ2) is 18.5. The van der Waals surface area contributed by atoms with Crippen LogP contribution in [-0.2, 0) is 9.59 Å². The largest absolute Gasteiger partial charge is 0.480 e. The number of nitrogens with one attached hydrogen (secondary N) is 1. The van der Waals surface area contributed by atoms with E-state index in [0.29, 0.717) is 25.1 Å². The van der Waals surface area contributed by atoms with Crippen molar-refractivity contribution in [3.63, 3.8) is 0 Å². The van der Waals surface area contributed by atoms with Crippen LogP contribution in [0.25, 0.3) is 0 Å². The Hall–Kier alpha value is -1.70. The Morgan fingerprint density at radius 1 is 0.973 bits per heavy atom. The van der Waals surface area contributed by atoms with Gasteiger partial charge in [-0.3, -0.25) is 0 Å². The van der Waals surface area contributed by atoms with Gasteiger partial charge in [-0.25, -0.2) is 14.4 Å². The van der Waals surface area contributed by atoms with Gasteiger partial charge >= 0.3 is 18.0 Å². The molecule has 0 aliphatic carbocycles. The molecule has 214 valence electrons. The molecule has 0 bridgehead atoms. The molecule has 0 aromatic carbocycles. The van der Waals surface area contributed by atoms with Crippen LogP contribution in [0.3, 0.4) is 0 Å². The number of carbonyl (C=O) groups is 3. The molecule has 0 saturated carbocycles. The van der Waals surface area contributed by atoms with Gasteiger partial charge in [0.05, 0.1) is 0 Å². The topological polar surface area (TPSA) is 107 Å². The second-order valence-electron chi connectivity index (χ2n) is 11.5. The molecule has 1 saturated heterocycles. The van der Waals surface area contributed by atoms with Crippen molar-refractivity contribution < 1.29 is 24.6 Å². The quantitative estimate of drug-likeness (QED) is 0.123. The summed E-state index contributed by atoms with van der Waals surface area (Å²) in [5.41, 5.74) is 1.32. The molecule has 1 aliphatic rings. The van der Waals surface area contributed by atoms with Crippen LogP contribution in [0.5, 0.6) is 0 Å². The van der Waals surface area contributed by atoms with Gasteiger partial charge in [0, 0.05) is 18.1 Å². The number of amides is 2. The molecular weight excluding hydrogens is 488 g/mol. The van der Waals surface area contributed by atoms with Crippen LogP contribution in [0.2, 0.25) is 0 Å². The van der Waals surface area contributed by atoms with Crippen molar-refractivity contribution >= 4 is 29.7 Å². The maximum Gasteiger partial charge on any atom is 0.327 e. The van der Waals surface area contributed by atoms with E-state index in [1.807, 2.05) is 0 Å². The lowest BCUT2D eigenvalue weighted by atomic mass is 9.91. The second-order valence-corrected chi connectivity index (χ2v) is 12.6. The molecule has 8 heteroatoms. The van der Waals surface area contributed by atoms with Crippen molar-refractivity contribution in [3.8, 4) is 0 Å². The maximum atomic E-state index is 12.4. The summed E-state index contributed by atoms with van der Waals surface area (Å²) in [6.45, 7) is 11.8. The molecule has 3 N–H and O–H groups in total. The van der Waals surface area contributed by atoms with E-state index in [4.69, 9.17) is 0 Å². The SMILES string of the molecule is C/C(=C\CSCC(NC(=O)N1CCCC1C(=O)O)C(=O)O)CCCC(C)CCCC(C)CCCC(C)C. The minimum Gasteiger partial charge on any atom is -0.480 e. The van der Waals surface area contributed by atoms with Crippen LogP contribution in [-0.4, -0.2) is 63.2 Å². The number of urea groups is 1. The zero-order valence-corrected chi connectivity index (χ0v) is 24.7. The number of carboxylic acids is 2. The normalized spacial score (nSPS) is 18.6. The number of aliphatic carboxylic acids is 2. The van der Waals surface area contributed by atoms with E-state index in [-0.39, 0.29) is 5.75 Å². The number of rotatable bonds is 19. The van der Waals surface area contributed by atoms with Crippen molar-refractivity contribution in [2.24, 2.45) is 17.8 Å². The summed E-state index contributed by atoms with van der Waals surface area (Å²) in [6, 6.07) is -2.53. The first-order valence-electron chi connectivity index (χ1n) is 14.3. The molecule has 7 nitrogen and oxygen atoms in total. The van der Waals surface area contributed by atoms with Gasteiger partial charge in [0.25, 0.3) is 0 Å². The molecule has 1 aliphatic heterocycles. The maximum absolute atomic E-state index is 12.4. The van der Waals surface area contributed by atoms with E-state index < -0.39 is 30.1 Å². The highest BCUT2D eigenvalue weighted by atomic mass is 32.2. The summed E-state index contributed by atoms with van der Waals surface area (Å²) >= 11 is 1.46. The van der Waals surface area contributed by atoms with Crippen LogP contribution in [0.15, 0.2) is 11.6 Å². The zero-order valence-electron chi connectivity index (χ0n) is 23.8. The fraction of sp³-hybridized carbons (Fsp3) is 0.828. The number of likely N-dealkylation sites (tertiary alicyclic amines) is 1. The molecule has 0 radical (unpaired) electrons. The minimum absolute atomic E-state index is 0.239. The fourth-order valence-corrected chi connectivity index (χ4v) is 5.87. The Bertz CT molecular complexity index is 727. The third kappa shape index (κ3) is 14.7. The molecule has 0 spiro atoms. The Labute approximate surface area is 229 Å². The summed E-state index contributed by atoms with van der Waals surface area (Å²) in [6.07, 6.45) is 14.7. The number of hydrogen-bond acceptors (Lipinski definition) is 4. The summed E-state index contributed by atoms with van der Waals surface area (Å²) in [7, 11) is 0. The van der Waals surface area contributed by atoms with Crippen LogP contribution in [0.1, 0.15) is 105 Å². The lowest BCUT2D eigenvalue weighted by molar-refractivity contribution is -0.141. The van der Waals surface area contributed by atoms with Crippen molar-refractivity contribution in [2.75, 3.05) is 18.1 Å². The summed E-state index contributed by atoms with van der Waals surface area (Å²) in [5, 5.41) is 21.2. The highest BCUT2D eigenvalue weighted by Gasteiger charge is 2.35. The monoisotopic (exact) mass is 540 g/mol. The van der Waals surface area contributed by atoms with Gasteiger partial charge in [0.2, 0.25) is 0 Å². The molecule has 1 fully saturated rings. The molecular formula is C29H52N2O5S. The average Bonchev–Trinajstić information content (AvgIpc) is 3.31. The van der Waals surface area contributed by atoms with E-state index in [1.54, 1.807) is 0 Å². The van der Waals surface area contributed by atoms with Gasteiger partial charge in [-0.05, 0) is 50.4 Å². The minimum atomic E-state index is -1.11. The first-order valence-corrected chi connectivity index (χ1v) is 15.4. The molecule has 2 amide bonds. The third-order valence-corrected chi connectivity index (χ3v) is 8.34. The molecule has 0 aromatic rings. The van der Waals surface area contributed by atoms with Gasteiger partial charge in [0.15, 0.2) is 0 Å². The van der Waals surface area contributed by atoms with Gasteiger partial charge in [-0.2, -0.15) is 11.8 Å². The number of thioether (sulfide) groups is 1. The van der Waals surface area contributed by atoms with Crippen molar-refractivity contribution in [2.45, 2.75) is 117 Å². The number of allylic oxidation sites excluding steroid dienone is 1. The van der Waals surface area contributed by atoms with E-state index in [2.05, 4.69) is 46.0 Å². The Kier molecular flexibility index (Phi) is 16.7. The van der Waals surface area contributed by atoms with Crippen molar-refractivity contribution in [1.29, 1.82) is 0 Å². The van der Waals surface area contributed by atoms with Gasteiger partial charge in [-0.15, -0.1) is 0 Å². The molecule has 4 unspecified atom stereocenters. The number of nitrogens with zero attached hydrogens (tertiary/aromatic N) is 1. The van der Waals surface area contributed by atoms with Crippen molar-refractivity contribution in [3.05, 3.63) is 11.6 Å². The molecule has 1 rings (SSSR count). The van der Waals surface area contributed by atoms with E-state index >= 15 is 0 Å². The lowest BCUT2D eigenvalue weighted by Gasteiger charge is -2.24. The predicted octanol–water partition coefficient (Wildman–Crippen LogP) is 6.82. The summed E-state index contributed by atoms with van der Waals surface area (Å²) < 4.78 is 0. The van der Waals surface area contributed by atoms with E-state index in [0.717, 1.165) is 24.2 Å². The van der Waals surface area contributed by atoms with Gasteiger partial charge in [0.1, 0.15) is 12.1 Å². The zero-order chi connectivity index (χ0) is 27.8. The van der Waals surface area contributed by atoms with Gasteiger partial charge < -0.3 is 20.4 Å². The number of carbonyl (C=O) groups excluding carboxylic acids is 1. The smallest absolute Gasteiger partial charge is 0.327 e. The van der Waals surface area contributed by atoms with E-state index in [1.165, 1.54) is 73.6 Å². The molecule has 1 heterocycles. The van der Waals surface area contributed by atoms with Crippen molar-refractivity contribution in [1.82, 2.24) is 10.2 Å². The number of carboxylic acid groups (broad SMARTS) is 2.